The second-order valence-electron chi connectivity index (χ2n) is 3.74. The molecule has 0 radical (unpaired) electrons. The topological polar surface area (TPSA) is 70.1 Å². The molecule has 5 heteroatoms. The summed E-state index contributed by atoms with van der Waals surface area (Å²) in [6.45, 7) is 2.57. The van der Waals surface area contributed by atoms with Crippen LogP contribution in [0.2, 0.25) is 0 Å². The number of nitrogens with two attached hydrogens (primary N) is 1. The summed E-state index contributed by atoms with van der Waals surface area (Å²) in [5.41, 5.74) is 7.85. The molecule has 2 aromatic rings. The SMILES string of the molecule is CCOC(=O)c1cncn1-c1cccc(CN)c1. The number of hydrogen-bond donors (Lipinski definition) is 1. The lowest BCUT2D eigenvalue weighted by Gasteiger charge is -2.08. The molecule has 2 N–H and O–H groups in total. The van der Waals surface area contributed by atoms with E-state index < -0.39 is 0 Å². The molecule has 0 atom stereocenters. The second-order valence-corrected chi connectivity index (χ2v) is 3.74. The van der Waals surface area contributed by atoms with Gasteiger partial charge in [0, 0.05) is 12.2 Å². The highest BCUT2D eigenvalue weighted by Gasteiger charge is 2.13. The highest BCUT2D eigenvalue weighted by molar-refractivity contribution is 5.88. The zero-order chi connectivity index (χ0) is 13.0. The van der Waals surface area contributed by atoms with Crippen molar-refractivity contribution < 1.29 is 9.53 Å². The Bertz CT molecular complexity index is 549. The highest BCUT2D eigenvalue weighted by atomic mass is 16.5. The molecule has 0 spiro atoms. The van der Waals surface area contributed by atoms with Crippen molar-refractivity contribution in [1.29, 1.82) is 0 Å². The molecule has 1 heterocycles. The van der Waals surface area contributed by atoms with Gasteiger partial charge in [-0.15, -0.1) is 0 Å². The van der Waals surface area contributed by atoms with Crippen LogP contribution in [0.25, 0.3) is 5.69 Å². The lowest BCUT2D eigenvalue weighted by molar-refractivity contribution is 0.0517. The zero-order valence-corrected chi connectivity index (χ0v) is 10.2. The Balaban J connectivity index is 2.38. The van der Waals surface area contributed by atoms with Gasteiger partial charge in [0.1, 0.15) is 0 Å². The van der Waals surface area contributed by atoms with Crippen molar-refractivity contribution in [3.8, 4) is 5.69 Å². The van der Waals surface area contributed by atoms with Gasteiger partial charge in [-0.2, -0.15) is 0 Å². The van der Waals surface area contributed by atoms with Crippen molar-refractivity contribution in [1.82, 2.24) is 9.55 Å². The van der Waals surface area contributed by atoms with Crippen molar-refractivity contribution in [2.24, 2.45) is 5.73 Å². The number of hydrogen-bond acceptors (Lipinski definition) is 4. The van der Waals surface area contributed by atoms with Crippen LogP contribution < -0.4 is 5.73 Å². The van der Waals surface area contributed by atoms with Gasteiger partial charge in [-0.05, 0) is 24.6 Å². The summed E-state index contributed by atoms with van der Waals surface area (Å²) in [4.78, 5) is 15.7. The molecule has 0 aliphatic carbocycles. The fourth-order valence-electron chi connectivity index (χ4n) is 1.69. The average Bonchev–Trinajstić information content (AvgIpc) is 2.88. The Morgan fingerprint density at radius 3 is 3.06 bits per heavy atom. The Kier molecular flexibility index (Phi) is 3.74. The highest BCUT2D eigenvalue weighted by Crippen LogP contribution is 2.14. The third kappa shape index (κ3) is 2.41. The molecule has 0 saturated heterocycles. The lowest BCUT2D eigenvalue weighted by atomic mass is 10.2. The molecule has 0 aliphatic rings. The first-order valence-electron chi connectivity index (χ1n) is 5.75. The zero-order valence-electron chi connectivity index (χ0n) is 10.2. The molecule has 1 aromatic heterocycles. The number of imidazole rings is 1. The maximum atomic E-state index is 11.7. The van der Waals surface area contributed by atoms with Crippen molar-refractivity contribution in [3.05, 3.63) is 48.0 Å². The monoisotopic (exact) mass is 245 g/mol. The Morgan fingerprint density at radius 2 is 2.33 bits per heavy atom. The van der Waals surface area contributed by atoms with Gasteiger partial charge in [0.05, 0.1) is 19.1 Å². The molecular formula is C13H15N3O2. The molecule has 18 heavy (non-hydrogen) atoms. The number of nitrogens with zero attached hydrogens (tertiary/aromatic N) is 2. The van der Waals surface area contributed by atoms with Crippen LogP contribution in [-0.2, 0) is 11.3 Å². The molecular weight excluding hydrogens is 230 g/mol. The second kappa shape index (κ2) is 5.46. The summed E-state index contributed by atoms with van der Waals surface area (Å²) >= 11 is 0. The molecule has 0 saturated carbocycles. The van der Waals surface area contributed by atoms with Gasteiger partial charge >= 0.3 is 5.97 Å². The van der Waals surface area contributed by atoms with Gasteiger partial charge in [0.15, 0.2) is 5.69 Å². The maximum absolute atomic E-state index is 11.7. The summed E-state index contributed by atoms with van der Waals surface area (Å²) in [7, 11) is 0. The Hall–Kier alpha value is -2.14. The molecule has 2 rings (SSSR count). The third-order valence-corrected chi connectivity index (χ3v) is 2.55. The van der Waals surface area contributed by atoms with Gasteiger partial charge in [0.25, 0.3) is 0 Å². The number of carbonyl (C=O) groups excluding carboxylic acids is 1. The molecule has 0 fully saturated rings. The smallest absolute Gasteiger partial charge is 0.356 e. The van der Waals surface area contributed by atoms with Crippen LogP contribution in [-0.4, -0.2) is 22.1 Å². The predicted octanol–water partition coefficient (Wildman–Crippen LogP) is 1.51. The molecule has 1 aromatic carbocycles. The van der Waals surface area contributed by atoms with Crippen LogP contribution in [0, 0.1) is 0 Å². The normalized spacial score (nSPS) is 10.3. The van der Waals surface area contributed by atoms with Gasteiger partial charge in [-0.1, -0.05) is 12.1 Å². The van der Waals surface area contributed by atoms with E-state index in [1.807, 2.05) is 24.3 Å². The van der Waals surface area contributed by atoms with E-state index in [0.29, 0.717) is 18.8 Å². The molecule has 5 nitrogen and oxygen atoms in total. The van der Waals surface area contributed by atoms with Crippen molar-refractivity contribution in [2.75, 3.05) is 6.61 Å². The van der Waals surface area contributed by atoms with E-state index in [2.05, 4.69) is 4.98 Å². The van der Waals surface area contributed by atoms with E-state index in [4.69, 9.17) is 10.5 Å². The Labute approximate surface area is 105 Å². The van der Waals surface area contributed by atoms with Gasteiger partial charge < -0.3 is 10.5 Å². The van der Waals surface area contributed by atoms with Crippen LogP contribution in [0.15, 0.2) is 36.8 Å². The molecule has 0 aliphatic heterocycles. The minimum atomic E-state index is -0.381. The minimum Gasteiger partial charge on any atom is -0.461 e. The quantitative estimate of drug-likeness (QED) is 0.829. The number of esters is 1. The lowest BCUT2D eigenvalue weighted by Crippen LogP contribution is -2.10. The fraction of sp³-hybridized carbons (Fsp3) is 0.231. The number of rotatable bonds is 4. The van der Waals surface area contributed by atoms with Crippen molar-refractivity contribution >= 4 is 5.97 Å². The van der Waals surface area contributed by atoms with E-state index in [1.54, 1.807) is 17.8 Å². The summed E-state index contributed by atoms with van der Waals surface area (Å²) in [6, 6.07) is 7.64. The van der Waals surface area contributed by atoms with E-state index in [-0.39, 0.29) is 5.97 Å². The molecule has 0 unspecified atom stereocenters. The van der Waals surface area contributed by atoms with E-state index >= 15 is 0 Å². The summed E-state index contributed by atoms with van der Waals surface area (Å²) in [5.74, 6) is -0.381. The maximum Gasteiger partial charge on any atom is 0.356 e. The third-order valence-electron chi connectivity index (χ3n) is 2.55. The first-order valence-corrected chi connectivity index (χ1v) is 5.75. The van der Waals surface area contributed by atoms with Crippen LogP contribution in [0.3, 0.4) is 0 Å². The summed E-state index contributed by atoms with van der Waals surface area (Å²) < 4.78 is 6.67. The largest absolute Gasteiger partial charge is 0.461 e. The van der Waals surface area contributed by atoms with E-state index in [0.717, 1.165) is 11.3 Å². The van der Waals surface area contributed by atoms with Crippen LogP contribution in [0.4, 0.5) is 0 Å². The van der Waals surface area contributed by atoms with Crippen LogP contribution in [0.1, 0.15) is 23.0 Å². The first kappa shape index (κ1) is 12.3. The van der Waals surface area contributed by atoms with E-state index in [9.17, 15) is 4.79 Å². The molecule has 94 valence electrons. The van der Waals surface area contributed by atoms with Gasteiger partial charge in [-0.3, -0.25) is 4.57 Å². The van der Waals surface area contributed by atoms with Gasteiger partial charge in [0.2, 0.25) is 0 Å². The van der Waals surface area contributed by atoms with Crippen molar-refractivity contribution in [2.45, 2.75) is 13.5 Å². The van der Waals surface area contributed by atoms with Crippen LogP contribution in [0.5, 0.6) is 0 Å². The minimum absolute atomic E-state index is 0.340. The average molecular weight is 245 g/mol. The molecule has 0 amide bonds. The van der Waals surface area contributed by atoms with Crippen LogP contribution >= 0.6 is 0 Å². The number of aromatic nitrogens is 2. The standard InChI is InChI=1S/C13H15N3O2/c1-2-18-13(17)12-8-15-9-16(12)11-5-3-4-10(6-11)7-14/h3-6,8-9H,2,7,14H2,1H3. The van der Waals surface area contributed by atoms with E-state index in [1.165, 1.54) is 6.20 Å². The Morgan fingerprint density at radius 1 is 1.50 bits per heavy atom. The number of ether oxygens (including phenoxy) is 1. The van der Waals surface area contributed by atoms with Crippen molar-refractivity contribution in [3.63, 3.8) is 0 Å². The summed E-state index contributed by atoms with van der Waals surface area (Å²) in [5, 5.41) is 0. The number of carbonyl (C=O) groups is 1. The fourth-order valence-corrected chi connectivity index (χ4v) is 1.69. The first-order chi connectivity index (χ1) is 8.76. The molecule has 0 bridgehead atoms. The number of benzene rings is 1. The predicted molar refractivity (Wildman–Crippen MR) is 67.4 cm³/mol. The van der Waals surface area contributed by atoms with Gasteiger partial charge in [-0.25, -0.2) is 9.78 Å². The summed E-state index contributed by atoms with van der Waals surface area (Å²) in [6.07, 6.45) is 3.08.